The van der Waals surface area contributed by atoms with Crippen LogP contribution in [0.25, 0.3) is 0 Å². The van der Waals surface area contributed by atoms with Crippen molar-refractivity contribution < 1.29 is 4.79 Å². The lowest BCUT2D eigenvalue weighted by Gasteiger charge is -2.21. The van der Waals surface area contributed by atoms with E-state index in [1.807, 2.05) is 4.90 Å². The largest absolute Gasteiger partial charge is 0.346 e. The second kappa shape index (κ2) is 6.98. The molecule has 1 rings (SSSR count). The standard InChI is InChI=1S/C11H20N4O/c1-3-5-8-14(9-6-4-2)11(16)15-10-7-12-13-15/h7,10H,3-6,8-9H2,1-2H3. The molecule has 0 saturated heterocycles. The number of hydrogen-bond donors (Lipinski definition) is 0. The van der Waals surface area contributed by atoms with Gasteiger partial charge in [0.1, 0.15) is 0 Å². The highest BCUT2D eigenvalue weighted by Crippen LogP contribution is 2.02. The molecule has 0 aliphatic rings. The predicted octanol–water partition coefficient (Wildman–Crippen LogP) is 2.15. The summed E-state index contributed by atoms with van der Waals surface area (Å²) in [4.78, 5) is 13.9. The van der Waals surface area contributed by atoms with Gasteiger partial charge < -0.3 is 4.90 Å². The Kier molecular flexibility index (Phi) is 5.53. The second-order valence-electron chi connectivity index (χ2n) is 3.82. The van der Waals surface area contributed by atoms with Crippen LogP contribution in [0.4, 0.5) is 4.79 Å². The molecule has 0 aliphatic carbocycles. The number of amides is 1. The molecule has 90 valence electrons. The fraction of sp³-hybridized carbons (Fsp3) is 0.727. The van der Waals surface area contributed by atoms with Gasteiger partial charge in [0.25, 0.3) is 0 Å². The molecular formula is C11H20N4O. The first-order chi connectivity index (χ1) is 7.79. The van der Waals surface area contributed by atoms with Crippen LogP contribution >= 0.6 is 0 Å². The van der Waals surface area contributed by atoms with Crippen LogP contribution in [-0.2, 0) is 0 Å². The zero-order valence-electron chi connectivity index (χ0n) is 10.1. The number of hydrogen-bond acceptors (Lipinski definition) is 3. The number of rotatable bonds is 6. The molecule has 0 aliphatic heterocycles. The van der Waals surface area contributed by atoms with Crippen molar-refractivity contribution in [3.8, 4) is 0 Å². The number of carbonyl (C=O) groups excluding carboxylic acids is 1. The van der Waals surface area contributed by atoms with Crippen LogP contribution in [0.15, 0.2) is 12.4 Å². The summed E-state index contributed by atoms with van der Waals surface area (Å²) in [7, 11) is 0. The maximum atomic E-state index is 12.0. The van der Waals surface area contributed by atoms with Crippen LogP contribution in [0.5, 0.6) is 0 Å². The topological polar surface area (TPSA) is 51.0 Å². The minimum Gasteiger partial charge on any atom is -0.323 e. The Morgan fingerprint density at radius 2 is 1.88 bits per heavy atom. The molecule has 16 heavy (non-hydrogen) atoms. The smallest absolute Gasteiger partial charge is 0.323 e. The summed E-state index contributed by atoms with van der Waals surface area (Å²) in [5, 5.41) is 7.38. The summed E-state index contributed by atoms with van der Waals surface area (Å²) in [5.41, 5.74) is 0. The molecule has 5 nitrogen and oxygen atoms in total. The zero-order valence-corrected chi connectivity index (χ0v) is 10.1. The van der Waals surface area contributed by atoms with Crippen molar-refractivity contribution in [2.24, 2.45) is 0 Å². The van der Waals surface area contributed by atoms with Crippen molar-refractivity contribution >= 4 is 6.03 Å². The highest BCUT2D eigenvalue weighted by molar-refractivity contribution is 5.75. The molecule has 0 saturated carbocycles. The van der Waals surface area contributed by atoms with E-state index in [1.165, 1.54) is 10.9 Å². The lowest BCUT2D eigenvalue weighted by molar-refractivity contribution is 0.194. The van der Waals surface area contributed by atoms with Crippen LogP contribution in [0.1, 0.15) is 39.5 Å². The van der Waals surface area contributed by atoms with Gasteiger partial charge in [-0.15, -0.1) is 5.10 Å². The van der Waals surface area contributed by atoms with Gasteiger partial charge in [-0.25, -0.2) is 4.79 Å². The van der Waals surface area contributed by atoms with Crippen LogP contribution in [-0.4, -0.2) is 39.0 Å². The summed E-state index contributed by atoms with van der Waals surface area (Å²) in [5.74, 6) is 0. The molecule has 1 amide bonds. The van der Waals surface area contributed by atoms with Gasteiger partial charge in [0.2, 0.25) is 0 Å². The summed E-state index contributed by atoms with van der Waals surface area (Å²) in [6, 6.07) is -0.0700. The van der Waals surface area contributed by atoms with Crippen molar-refractivity contribution in [1.82, 2.24) is 19.9 Å². The van der Waals surface area contributed by atoms with E-state index in [2.05, 4.69) is 24.2 Å². The summed E-state index contributed by atoms with van der Waals surface area (Å²) in [6.07, 6.45) is 7.36. The van der Waals surface area contributed by atoms with E-state index in [9.17, 15) is 4.79 Å². The molecule has 5 heteroatoms. The fourth-order valence-electron chi connectivity index (χ4n) is 1.46. The molecule has 0 aromatic carbocycles. The van der Waals surface area contributed by atoms with Gasteiger partial charge in [0.15, 0.2) is 0 Å². The van der Waals surface area contributed by atoms with E-state index in [-0.39, 0.29) is 6.03 Å². The molecule has 0 spiro atoms. The minimum atomic E-state index is -0.0700. The molecule has 1 aromatic heterocycles. The Labute approximate surface area is 96.4 Å². The van der Waals surface area contributed by atoms with Crippen LogP contribution in [0.3, 0.4) is 0 Å². The van der Waals surface area contributed by atoms with Gasteiger partial charge in [-0.3, -0.25) is 0 Å². The number of carbonyl (C=O) groups is 1. The average Bonchev–Trinajstić information content (AvgIpc) is 2.82. The maximum Gasteiger partial charge on any atom is 0.346 e. The Bertz CT molecular complexity index is 289. The summed E-state index contributed by atoms with van der Waals surface area (Å²) < 4.78 is 1.30. The van der Waals surface area contributed by atoms with Crippen molar-refractivity contribution in [3.63, 3.8) is 0 Å². The predicted molar refractivity (Wildman–Crippen MR) is 62.2 cm³/mol. The first-order valence-electron chi connectivity index (χ1n) is 5.95. The summed E-state index contributed by atoms with van der Waals surface area (Å²) >= 11 is 0. The molecule has 0 N–H and O–H groups in total. The number of aromatic nitrogens is 3. The molecule has 1 heterocycles. The van der Waals surface area contributed by atoms with Gasteiger partial charge in [0, 0.05) is 13.1 Å². The average molecular weight is 224 g/mol. The van der Waals surface area contributed by atoms with Crippen molar-refractivity contribution in [1.29, 1.82) is 0 Å². The molecule has 0 unspecified atom stereocenters. The van der Waals surface area contributed by atoms with E-state index < -0.39 is 0 Å². The van der Waals surface area contributed by atoms with Crippen molar-refractivity contribution in [2.45, 2.75) is 39.5 Å². The van der Waals surface area contributed by atoms with E-state index >= 15 is 0 Å². The van der Waals surface area contributed by atoms with Gasteiger partial charge in [0.05, 0.1) is 12.4 Å². The van der Waals surface area contributed by atoms with E-state index in [1.54, 1.807) is 6.20 Å². The Balaban J connectivity index is 2.56. The zero-order chi connectivity index (χ0) is 11.8. The monoisotopic (exact) mass is 224 g/mol. The Morgan fingerprint density at radius 3 is 2.31 bits per heavy atom. The van der Waals surface area contributed by atoms with Crippen molar-refractivity contribution in [2.75, 3.05) is 13.1 Å². The van der Waals surface area contributed by atoms with Crippen LogP contribution in [0, 0.1) is 0 Å². The number of nitrogens with zero attached hydrogens (tertiary/aromatic N) is 4. The maximum absolute atomic E-state index is 12.0. The van der Waals surface area contributed by atoms with Gasteiger partial charge in [-0.2, -0.15) is 4.68 Å². The highest BCUT2D eigenvalue weighted by atomic mass is 16.2. The molecule has 1 aromatic rings. The minimum absolute atomic E-state index is 0.0700. The molecule has 0 bridgehead atoms. The highest BCUT2D eigenvalue weighted by Gasteiger charge is 2.14. The van der Waals surface area contributed by atoms with Gasteiger partial charge in [-0.05, 0) is 12.8 Å². The third-order valence-corrected chi connectivity index (χ3v) is 2.45. The van der Waals surface area contributed by atoms with Crippen LogP contribution < -0.4 is 0 Å². The van der Waals surface area contributed by atoms with Crippen molar-refractivity contribution in [3.05, 3.63) is 12.4 Å². The Hall–Kier alpha value is -1.39. The molecule has 0 atom stereocenters. The first kappa shape index (κ1) is 12.7. The lowest BCUT2D eigenvalue weighted by Crippen LogP contribution is -2.36. The Morgan fingerprint density at radius 1 is 1.25 bits per heavy atom. The van der Waals surface area contributed by atoms with Gasteiger partial charge in [-0.1, -0.05) is 31.9 Å². The third kappa shape index (κ3) is 3.64. The third-order valence-electron chi connectivity index (χ3n) is 2.45. The van der Waals surface area contributed by atoms with Gasteiger partial charge >= 0.3 is 6.03 Å². The van der Waals surface area contributed by atoms with Crippen LogP contribution in [0.2, 0.25) is 0 Å². The SMILES string of the molecule is CCCCN(CCCC)C(=O)n1ccnn1. The molecular weight excluding hydrogens is 204 g/mol. The van der Waals surface area contributed by atoms with E-state index in [0.717, 1.165) is 38.8 Å². The normalized spacial score (nSPS) is 10.4. The lowest BCUT2D eigenvalue weighted by atomic mass is 10.3. The molecule has 0 radical (unpaired) electrons. The number of unbranched alkanes of at least 4 members (excludes halogenated alkanes) is 2. The van der Waals surface area contributed by atoms with E-state index in [4.69, 9.17) is 0 Å². The molecule has 0 fully saturated rings. The second-order valence-corrected chi connectivity index (χ2v) is 3.82. The first-order valence-corrected chi connectivity index (χ1v) is 5.95. The quantitative estimate of drug-likeness (QED) is 0.744. The summed E-state index contributed by atoms with van der Waals surface area (Å²) in [6.45, 7) is 5.85. The fourth-order valence-corrected chi connectivity index (χ4v) is 1.46. The van der Waals surface area contributed by atoms with E-state index in [0.29, 0.717) is 0 Å².